The first-order valence-corrected chi connectivity index (χ1v) is 14.2. The SMILES string of the molecule is CC(=O)OC[C@H]1O[C@@H](OC(C)=O)[C@H](OC(C)=O)[C@@H](OC(C)=O)[C@@H]1OC(=O)CCCCCCCCCCCC(O)CO. The highest BCUT2D eigenvalue weighted by Gasteiger charge is 2.53. The molecule has 13 nitrogen and oxygen atoms in total. The molecule has 13 heteroatoms. The summed E-state index contributed by atoms with van der Waals surface area (Å²) in [5.74, 6) is -3.58. The summed E-state index contributed by atoms with van der Waals surface area (Å²) < 4.78 is 32.1. The third kappa shape index (κ3) is 15.7. The van der Waals surface area contributed by atoms with Gasteiger partial charge in [0.25, 0.3) is 0 Å². The number of ether oxygens (including phenoxy) is 6. The Balaban J connectivity index is 2.70. The lowest BCUT2D eigenvalue weighted by atomic mass is 9.98. The van der Waals surface area contributed by atoms with E-state index >= 15 is 0 Å². The molecule has 0 aromatic rings. The first kappa shape index (κ1) is 36.3. The molecule has 2 N–H and O–H groups in total. The smallest absolute Gasteiger partial charge is 0.306 e. The summed E-state index contributed by atoms with van der Waals surface area (Å²) in [6, 6.07) is 0. The maximum absolute atomic E-state index is 12.8. The average molecular weight is 591 g/mol. The van der Waals surface area contributed by atoms with Crippen LogP contribution in [0.25, 0.3) is 0 Å². The second kappa shape index (κ2) is 20.2. The minimum atomic E-state index is -1.51. The highest BCUT2D eigenvalue weighted by atomic mass is 16.7. The second-order valence-corrected chi connectivity index (χ2v) is 10.1. The van der Waals surface area contributed by atoms with Crippen molar-refractivity contribution in [1.29, 1.82) is 0 Å². The maximum atomic E-state index is 12.8. The zero-order valence-electron chi connectivity index (χ0n) is 24.5. The number of aliphatic hydroxyl groups is 2. The van der Waals surface area contributed by atoms with Crippen molar-refractivity contribution in [3.63, 3.8) is 0 Å². The molecule has 0 saturated carbocycles. The van der Waals surface area contributed by atoms with Crippen molar-refractivity contribution >= 4 is 29.8 Å². The van der Waals surface area contributed by atoms with Gasteiger partial charge in [0, 0.05) is 34.1 Å². The minimum absolute atomic E-state index is 0.0718. The Labute approximate surface area is 241 Å². The number of carbonyl (C=O) groups excluding carboxylic acids is 5. The van der Waals surface area contributed by atoms with Crippen LogP contribution in [0.1, 0.15) is 98.3 Å². The van der Waals surface area contributed by atoms with Crippen LogP contribution >= 0.6 is 0 Å². The van der Waals surface area contributed by atoms with Crippen LogP contribution in [0.15, 0.2) is 0 Å². The number of unbranched alkanes of at least 4 members (excludes halogenated alkanes) is 8. The molecule has 0 aromatic carbocycles. The fraction of sp³-hybridized carbons (Fsp3) is 0.821. The molecule has 0 amide bonds. The third-order valence-electron chi connectivity index (χ3n) is 6.32. The summed E-state index contributed by atoms with van der Waals surface area (Å²) in [6.07, 6.45) is 1.64. The van der Waals surface area contributed by atoms with Crippen LogP contribution in [-0.2, 0) is 52.4 Å². The molecule has 0 spiro atoms. The van der Waals surface area contributed by atoms with Crippen LogP contribution in [0.4, 0.5) is 0 Å². The quantitative estimate of drug-likeness (QED) is 0.127. The molecule has 0 aromatic heterocycles. The molecule has 41 heavy (non-hydrogen) atoms. The lowest BCUT2D eigenvalue weighted by molar-refractivity contribution is -0.300. The fourth-order valence-corrected chi connectivity index (χ4v) is 4.44. The van der Waals surface area contributed by atoms with Gasteiger partial charge in [0.05, 0.1) is 12.7 Å². The molecule has 1 rings (SSSR count). The number of aliphatic hydroxyl groups excluding tert-OH is 2. The number of esters is 5. The van der Waals surface area contributed by atoms with Crippen LogP contribution < -0.4 is 0 Å². The van der Waals surface area contributed by atoms with E-state index in [1.54, 1.807) is 0 Å². The van der Waals surface area contributed by atoms with Gasteiger partial charge in [-0.1, -0.05) is 51.4 Å². The maximum Gasteiger partial charge on any atom is 0.306 e. The van der Waals surface area contributed by atoms with Gasteiger partial charge in [-0.15, -0.1) is 0 Å². The van der Waals surface area contributed by atoms with E-state index in [4.69, 9.17) is 33.5 Å². The van der Waals surface area contributed by atoms with E-state index in [1.165, 1.54) is 6.92 Å². The van der Waals surface area contributed by atoms with Crippen molar-refractivity contribution in [2.45, 2.75) is 135 Å². The Kier molecular flexibility index (Phi) is 17.8. The average Bonchev–Trinajstić information content (AvgIpc) is 2.88. The van der Waals surface area contributed by atoms with E-state index in [-0.39, 0.29) is 13.0 Å². The molecule has 1 unspecified atom stereocenters. The Morgan fingerprint density at radius 2 is 1.17 bits per heavy atom. The molecule has 1 fully saturated rings. The Bertz CT molecular complexity index is 830. The third-order valence-corrected chi connectivity index (χ3v) is 6.32. The summed E-state index contributed by atoms with van der Waals surface area (Å²) in [6.45, 7) is 3.89. The molecule has 1 saturated heterocycles. The molecule has 6 atom stereocenters. The van der Waals surface area contributed by atoms with Gasteiger partial charge < -0.3 is 38.6 Å². The van der Waals surface area contributed by atoms with Crippen LogP contribution in [0.5, 0.6) is 0 Å². The summed E-state index contributed by atoms with van der Waals surface area (Å²) in [7, 11) is 0. The molecular weight excluding hydrogens is 544 g/mol. The molecule has 0 aliphatic carbocycles. The van der Waals surface area contributed by atoms with Gasteiger partial charge in [0.1, 0.15) is 12.7 Å². The summed E-state index contributed by atoms with van der Waals surface area (Å²) >= 11 is 0. The highest BCUT2D eigenvalue weighted by molar-refractivity contribution is 5.70. The van der Waals surface area contributed by atoms with E-state index in [9.17, 15) is 29.1 Å². The minimum Gasteiger partial charge on any atom is -0.463 e. The van der Waals surface area contributed by atoms with Gasteiger partial charge in [0.2, 0.25) is 12.4 Å². The van der Waals surface area contributed by atoms with Gasteiger partial charge in [-0.2, -0.15) is 0 Å². The first-order valence-electron chi connectivity index (χ1n) is 14.2. The van der Waals surface area contributed by atoms with Crippen LogP contribution in [-0.4, -0.2) is 90.1 Å². The molecule has 236 valence electrons. The Morgan fingerprint density at radius 1 is 0.659 bits per heavy atom. The summed E-state index contributed by atoms with van der Waals surface area (Å²) in [4.78, 5) is 59.6. The highest BCUT2D eigenvalue weighted by Crippen LogP contribution is 2.30. The van der Waals surface area contributed by atoms with E-state index in [0.717, 1.165) is 72.1 Å². The van der Waals surface area contributed by atoms with Gasteiger partial charge in [-0.3, -0.25) is 24.0 Å². The number of carbonyl (C=O) groups is 5. The van der Waals surface area contributed by atoms with Crippen molar-refractivity contribution in [2.24, 2.45) is 0 Å². The second-order valence-electron chi connectivity index (χ2n) is 10.1. The van der Waals surface area contributed by atoms with Crippen LogP contribution in [0, 0.1) is 0 Å². The van der Waals surface area contributed by atoms with Gasteiger partial charge >= 0.3 is 29.8 Å². The number of hydrogen-bond donors (Lipinski definition) is 2. The normalized spacial score (nSPS) is 22.7. The van der Waals surface area contributed by atoms with Gasteiger partial charge in [-0.25, -0.2) is 0 Å². The molecule has 1 heterocycles. The predicted octanol–water partition coefficient (Wildman–Crippen LogP) is 2.26. The zero-order chi connectivity index (χ0) is 30.8. The van der Waals surface area contributed by atoms with Crippen LogP contribution in [0.3, 0.4) is 0 Å². The fourth-order valence-electron chi connectivity index (χ4n) is 4.44. The van der Waals surface area contributed by atoms with Gasteiger partial charge in [0.15, 0.2) is 12.2 Å². The van der Waals surface area contributed by atoms with Crippen molar-refractivity contribution in [3.05, 3.63) is 0 Å². The molecule has 0 radical (unpaired) electrons. The first-order chi connectivity index (χ1) is 19.4. The standard InChI is InChI=1S/C28H46O13/c1-18(30)36-17-23-25(26(37-19(2)31)27(38-20(3)32)28(40-23)39-21(4)33)41-24(35)15-13-11-9-7-5-6-8-10-12-14-22(34)16-29/h22-23,25-29,34H,5-17H2,1-4H3/t22?,23-,25-,26+,27-,28-/m1/s1. The van der Waals surface area contributed by atoms with Crippen molar-refractivity contribution in [3.8, 4) is 0 Å². The number of rotatable bonds is 19. The Morgan fingerprint density at radius 3 is 1.68 bits per heavy atom. The van der Waals surface area contributed by atoms with E-state index < -0.39 is 73.3 Å². The van der Waals surface area contributed by atoms with E-state index in [0.29, 0.717) is 12.8 Å². The Hall–Kier alpha value is -2.77. The van der Waals surface area contributed by atoms with E-state index in [2.05, 4.69) is 0 Å². The number of hydrogen-bond acceptors (Lipinski definition) is 13. The van der Waals surface area contributed by atoms with Crippen molar-refractivity contribution in [2.75, 3.05) is 13.2 Å². The molecular formula is C28H46O13. The summed E-state index contributed by atoms with van der Waals surface area (Å²) in [5, 5.41) is 18.2. The molecule has 1 aliphatic rings. The largest absolute Gasteiger partial charge is 0.463 e. The zero-order valence-corrected chi connectivity index (χ0v) is 24.5. The predicted molar refractivity (Wildman–Crippen MR) is 142 cm³/mol. The van der Waals surface area contributed by atoms with E-state index in [1.807, 2.05) is 0 Å². The van der Waals surface area contributed by atoms with Crippen molar-refractivity contribution in [1.82, 2.24) is 0 Å². The van der Waals surface area contributed by atoms with Crippen LogP contribution in [0.2, 0.25) is 0 Å². The molecule has 0 bridgehead atoms. The lowest BCUT2D eigenvalue weighted by Crippen LogP contribution is -2.63. The lowest BCUT2D eigenvalue weighted by Gasteiger charge is -2.43. The molecule has 1 aliphatic heterocycles. The van der Waals surface area contributed by atoms with Crippen molar-refractivity contribution < 1.29 is 62.6 Å². The summed E-state index contributed by atoms with van der Waals surface area (Å²) in [5.41, 5.74) is 0. The topological polar surface area (TPSA) is 181 Å². The van der Waals surface area contributed by atoms with Gasteiger partial charge in [-0.05, 0) is 12.8 Å². The monoisotopic (exact) mass is 590 g/mol.